The number of rotatable bonds is 6. The van der Waals surface area contributed by atoms with Crippen LogP contribution in [-0.4, -0.2) is 72.7 Å². The van der Waals surface area contributed by atoms with E-state index in [-0.39, 0.29) is 18.9 Å². The van der Waals surface area contributed by atoms with Crippen molar-refractivity contribution in [3.8, 4) is 0 Å². The second-order valence-electron chi connectivity index (χ2n) is 6.18. The highest BCUT2D eigenvalue weighted by atomic mass is 35.5. The molecule has 2 fully saturated rings. The Balaban J connectivity index is 1.38. The Morgan fingerprint density at radius 2 is 1.85 bits per heavy atom. The number of halogens is 1. The van der Waals surface area contributed by atoms with Crippen LogP contribution < -0.4 is 10.2 Å². The predicted octanol–water partition coefficient (Wildman–Crippen LogP) is 0.347. The molecule has 140 valence electrons. The minimum Gasteiger partial charge on any atom is -0.479 e. The largest absolute Gasteiger partial charge is 0.479 e. The normalized spacial score (nSPS) is 22.0. The number of benzene rings is 1. The van der Waals surface area contributed by atoms with Crippen molar-refractivity contribution in [2.45, 2.75) is 18.6 Å². The van der Waals surface area contributed by atoms with Crippen molar-refractivity contribution in [1.29, 1.82) is 0 Å². The Morgan fingerprint density at radius 3 is 2.46 bits per heavy atom. The van der Waals surface area contributed by atoms with Gasteiger partial charge in [0, 0.05) is 39.1 Å². The summed E-state index contributed by atoms with van der Waals surface area (Å²) in [6, 6.07) is 7.61. The van der Waals surface area contributed by atoms with Gasteiger partial charge in [-0.1, -0.05) is 23.7 Å². The number of carboxylic acids is 1. The van der Waals surface area contributed by atoms with Crippen LogP contribution in [-0.2, 0) is 19.1 Å². The number of hydrogen-bond acceptors (Lipinski definition) is 5. The van der Waals surface area contributed by atoms with E-state index in [2.05, 4.69) is 10.2 Å². The molecule has 9 heteroatoms. The minimum atomic E-state index is -1.15. The number of aliphatic carboxylic acids is 1. The first-order valence-electron chi connectivity index (χ1n) is 8.40. The van der Waals surface area contributed by atoms with Crippen molar-refractivity contribution < 1.29 is 24.2 Å². The average molecular weight is 382 g/mol. The highest BCUT2D eigenvalue weighted by Gasteiger charge is 2.50. The number of piperazine rings is 1. The quantitative estimate of drug-likeness (QED) is 0.689. The van der Waals surface area contributed by atoms with E-state index < -0.39 is 24.1 Å². The van der Waals surface area contributed by atoms with Crippen LogP contribution in [0.15, 0.2) is 24.3 Å². The molecule has 0 radical (unpaired) electrons. The monoisotopic (exact) mass is 381 g/mol. The highest BCUT2D eigenvalue weighted by molar-refractivity contribution is 6.33. The molecule has 1 aromatic carbocycles. The van der Waals surface area contributed by atoms with Gasteiger partial charge in [-0.2, -0.15) is 0 Å². The average Bonchev–Trinajstić information content (AvgIpc) is 3.43. The lowest BCUT2D eigenvalue weighted by Gasteiger charge is -2.36. The van der Waals surface area contributed by atoms with Crippen molar-refractivity contribution in [3.63, 3.8) is 0 Å². The summed E-state index contributed by atoms with van der Waals surface area (Å²) in [7, 11) is 0. The Labute approximate surface area is 155 Å². The van der Waals surface area contributed by atoms with E-state index in [1.165, 1.54) is 0 Å². The van der Waals surface area contributed by atoms with Crippen LogP contribution in [0.5, 0.6) is 0 Å². The number of nitrogens with one attached hydrogen (secondary N) is 1. The molecule has 2 aliphatic heterocycles. The second-order valence-corrected chi connectivity index (χ2v) is 6.58. The molecule has 2 saturated heterocycles. The van der Waals surface area contributed by atoms with Crippen LogP contribution in [0, 0.1) is 0 Å². The molecule has 2 aliphatic rings. The summed E-state index contributed by atoms with van der Waals surface area (Å²) in [6.45, 7) is 2.72. The minimum absolute atomic E-state index is 0.0457. The Bertz CT molecular complexity index is 705. The van der Waals surface area contributed by atoms with Crippen LogP contribution in [0.2, 0.25) is 5.02 Å². The molecule has 0 aliphatic carbocycles. The molecule has 0 spiro atoms. The van der Waals surface area contributed by atoms with Crippen molar-refractivity contribution in [2.75, 3.05) is 37.6 Å². The Hall–Kier alpha value is -2.32. The molecule has 1 aromatic rings. The summed E-state index contributed by atoms with van der Waals surface area (Å²) in [5.74, 6) is -1.69. The van der Waals surface area contributed by atoms with Crippen LogP contribution in [0.25, 0.3) is 0 Å². The maximum atomic E-state index is 12.3. The van der Waals surface area contributed by atoms with Gasteiger partial charge in [-0.05, 0) is 12.1 Å². The number of anilines is 1. The number of carbonyl (C=O) groups is 3. The molecular weight excluding hydrogens is 362 g/mol. The number of hydrogen-bond donors (Lipinski definition) is 2. The molecule has 3 rings (SSSR count). The van der Waals surface area contributed by atoms with E-state index in [0.29, 0.717) is 31.2 Å². The van der Waals surface area contributed by atoms with E-state index in [4.69, 9.17) is 21.4 Å². The fraction of sp³-hybridized carbons (Fsp3) is 0.471. The van der Waals surface area contributed by atoms with Gasteiger partial charge in [-0.15, -0.1) is 0 Å². The summed E-state index contributed by atoms with van der Waals surface area (Å²) < 4.78 is 4.75. The number of ether oxygens (including phenoxy) is 1. The smallest absolute Gasteiger partial charge is 0.336 e. The van der Waals surface area contributed by atoms with Crippen LogP contribution in [0.3, 0.4) is 0 Å². The van der Waals surface area contributed by atoms with Gasteiger partial charge in [0.2, 0.25) is 5.91 Å². The molecule has 2 amide bonds. The maximum Gasteiger partial charge on any atom is 0.336 e. The summed E-state index contributed by atoms with van der Waals surface area (Å²) >= 11 is 6.21. The van der Waals surface area contributed by atoms with Gasteiger partial charge < -0.3 is 25.0 Å². The third kappa shape index (κ3) is 4.25. The van der Waals surface area contributed by atoms with Crippen LogP contribution in [0.1, 0.15) is 6.42 Å². The molecule has 2 heterocycles. The van der Waals surface area contributed by atoms with Crippen molar-refractivity contribution in [1.82, 2.24) is 10.2 Å². The maximum absolute atomic E-state index is 12.3. The second kappa shape index (κ2) is 7.92. The molecule has 0 saturated carbocycles. The van der Waals surface area contributed by atoms with Crippen molar-refractivity contribution >= 4 is 35.1 Å². The van der Waals surface area contributed by atoms with Gasteiger partial charge in [0.15, 0.2) is 12.2 Å². The van der Waals surface area contributed by atoms with Crippen LogP contribution >= 0.6 is 11.6 Å². The standard InChI is InChI=1S/C17H20ClN3O5/c18-11-3-1-2-4-12(11)20-7-9-21(10-8-20)13(22)5-6-19-16(23)14-15(26-14)17(24)25/h1-4,14-15H,5-10H2,(H,19,23)(H,24,25). The topological polar surface area (TPSA) is 102 Å². The summed E-state index contributed by atoms with van der Waals surface area (Å²) in [6.07, 6.45) is -1.84. The van der Waals surface area contributed by atoms with E-state index in [9.17, 15) is 14.4 Å². The summed E-state index contributed by atoms with van der Waals surface area (Å²) in [5, 5.41) is 11.9. The molecule has 8 nitrogen and oxygen atoms in total. The third-order valence-electron chi connectivity index (χ3n) is 4.46. The zero-order valence-corrected chi connectivity index (χ0v) is 14.8. The van der Waals surface area contributed by atoms with Crippen molar-refractivity contribution in [2.24, 2.45) is 0 Å². The lowest BCUT2D eigenvalue weighted by atomic mass is 10.2. The SMILES string of the molecule is O=C(O)C1OC1C(=O)NCCC(=O)N1CCN(c2ccccc2Cl)CC1. The number of carboxylic acid groups (broad SMARTS) is 1. The first kappa shape index (κ1) is 18.5. The fourth-order valence-corrected chi connectivity index (χ4v) is 3.21. The van der Waals surface area contributed by atoms with Gasteiger partial charge in [-0.3, -0.25) is 9.59 Å². The van der Waals surface area contributed by atoms with E-state index >= 15 is 0 Å². The zero-order chi connectivity index (χ0) is 18.7. The summed E-state index contributed by atoms with van der Waals surface area (Å²) in [5.41, 5.74) is 0.964. The van der Waals surface area contributed by atoms with E-state index in [0.717, 1.165) is 5.69 Å². The van der Waals surface area contributed by atoms with Gasteiger partial charge in [-0.25, -0.2) is 4.79 Å². The van der Waals surface area contributed by atoms with Crippen molar-refractivity contribution in [3.05, 3.63) is 29.3 Å². The molecule has 2 unspecified atom stereocenters. The number of nitrogens with zero attached hydrogens (tertiary/aromatic N) is 2. The van der Waals surface area contributed by atoms with Gasteiger partial charge >= 0.3 is 5.97 Å². The van der Waals surface area contributed by atoms with Crippen LogP contribution in [0.4, 0.5) is 5.69 Å². The lowest BCUT2D eigenvalue weighted by Crippen LogP contribution is -2.49. The Kier molecular flexibility index (Phi) is 5.63. The number of epoxide rings is 1. The number of carbonyl (C=O) groups excluding carboxylic acids is 2. The highest BCUT2D eigenvalue weighted by Crippen LogP contribution is 2.26. The van der Waals surface area contributed by atoms with Gasteiger partial charge in [0.05, 0.1) is 10.7 Å². The molecule has 2 N–H and O–H groups in total. The third-order valence-corrected chi connectivity index (χ3v) is 4.78. The molecule has 0 bridgehead atoms. The molecule has 2 atom stereocenters. The molecule has 0 aromatic heterocycles. The lowest BCUT2D eigenvalue weighted by molar-refractivity contribution is -0.138. The molecule has 26 heavy (non-hydrogen) atoms. The first-order valence-corrected chi connectivity index (χ1v) is 8.78. The number of para-hydroxylation sites is 1. The fourth-order valence-electron chi connectivity index (χ4n) is 2.96. The van der Waals surface area contributed by atoms with E-state index in [1.807, 2.05) is 24.3 Å². The summed E-state index contributed by atoms with van der Waals surface area (Å²) in [4.78, 5) is 38.5. The number of amides is 2. The zero-order valence-electron chi connectivity index (χ0n) is 14.1. The molecular formula is C17H20ClN3O5. The predicted molar refractivity (Wildman–Crippen MR) is 94.2 cm³/mol. The van der Waals surface area contributed by atoms with E-state index in [1.54, 1.807) is 4.90 Å². The Morgan fingerprint density at radius 1 is 1.15 bits per heavy atom. The first-order chi connectivity index (χ1) is 12.5. The van der Waals surface area contributed by atoms with Gasteiger partial charge in [0.25, 0.3) is 5.91 Å². The van der Waals surface area contributed by atoms with Gasteiger partial charge in [0.1, 0.15) is 0 Å².